The lowest BCUT2D eigenvalue weighted by Crippen LogP contribution is -2.40. The molecule has 0 bridgehead atoms. The molecule has 2 unspecified atom stereocenters. The Balaban J connectivity index is 1.96. The van der Waals surface area contributed by atoms with Crippen LogP contribution < -0.4 is 0 Å². The molecule has 0 saturated carbocycles. The minimum absolute atomic E-state index is 0.0450. The van der Waals surface area contributed by atoms with Crippen molar-refractivity contribution in [3.63, 3.8) is 0 Å². The van der Waals surface area contributed by atoms with Gasteiger partial charge in [-0.1, -0.05) is 0 Å². The predicted octanol–water partition coefficient (Wildman–Crippen LogP) is 1.09. The molecule has 1 N–H and O–H groups in total. The molecule has 0 radical (unpaired) electrons. The standard InChI is InChI=1S/C16H16N4O6/c1-26-11-7-14(16(22)23)19(8-11)15(21)10-2-3-12(13(6-10)20(24)25)18-5-4-17-9-18/h2-6,9,11,14H,7-8H2,1H3,(H,22,23). The van der Waals surface area contributed by atoms with Crippen molar-refractivity contribution in [2.75, 3.05) is 13.7 Å². The number of benzene rings is 1. The SMILES string of the molecule is COC1CC(C(=O)O)N(C(=O)c2ccc(-n3ccnc3)c([N+](=O)[O-])c2)C1. The fraction of sp³-hybridized carbons (Fsp3) is 0.312. The van der Waals surface area contributed by atoms with Gasteiger partial charge in [0.1, 0.15) is 11.7 Å². The smallest absolute Gasteiger partial charge is 0.326 e. The fourth-order valence-electron chi connectivity index (χ4n) is 3.02. The van der Waals surface area contributed by atoms with E-state index in [-0.39, 0.29) is 36.0 Å². The molecule has 2 atom stereocenters. The lowest BCUT2D eigenvalue weighted by Gasteiger charge is -2.21. The Kier molecular flexibility index (Phi) is 4.67. The average molecular weight is 360 g/mol. The topological polar surface area (TPSA) is 128 Å². The van der Waals surface area contributed by atoms with E-state index in [1.807, 2.05) is 0 Å². The van der Waals surface area contributed by atoms with E-state index in [0.29, 0.717) is 0 Å². The van der Waals surface area contributed by atoms with Gasteiger partial charge in [0.25, 0.3) is 11.6 Å². The zero-order valence-corrected chi connectivity index (χ0v) is 13.8. The van der Waals surface area contributed by atoms with Gasteiger partial charge in [0.05, 0.1) is 17.4 Å². The summed E-state index contributed by atoms with van der Waals surface area (Å²) in [5, 5.41) is 20.8. The summed E-state index contributed by atoms with van der Waals surface area (Å²) in [5.74, 6) is -1.72. The molecule has 2 heterocycles. The van der Waals surface area contributed by atoms with Gasteiger partial charge in [-0.2, -0.15) is 0 Å². The van der Waals surface area contributed by atoms with Gasteiger partial charge in [-0.05, 0) is 12.1 Å². The van der Waals surface area contributed by atoms with Crippen LogP contribution in [0.15, 0.2) is 36.9 Å². The number of carbonyl (C=O) groups is 2. The van der Waals surface area contributed by atoms with Crippen LogP contribution in [0.2, 0.25) is 0 Å². The molecular weight excluding hydrogens is 344 g/mol. The third kappa shape index (κ3) is 3.14. The monoisotopic (exact) mass is 360 g/mol. The highest BCUT2D eigenvalue weighted by Crippen LogP contribution is 2.27. The maximum absolute atomic E-state index is 12.8. The molecule has 136 valence electrons. The quantitative estimate of drug-likeness (QED) is 0.624. The third-order valence-corrected chi connectivity index (χ3v) is 4.34. The Morgan fingerprint density at radius 2 is 2.19 bits per heavy atom. The van der Waals surface area contributed by atoms with E-state index in [1.54, 1.807) is 6.20 Å². The Bertz CT molecular complexity index is 850. The second-order valence-electron chi connectivity index (χ2n) is 5.84. The second-order valence-corrected chi connectivity index (χ2v) is 5.84. The summed E-state index contributed by atoms with van der Waals surface area (Å²) < 4.78 is 6.62. The first kappa shape index (κ1) is 17.5. The first-order chi connectivity index (χ1) is 12.4. The first-order valence-electron chi connectivity index (χ1n) is 7.75. The number of nitrogens with zero attached hydrogens (tertiary/aromatic N) is 4. The molecule has 1 aliphatic heterocycles. The van der Waals surface area contributed by atoms with E-state index in [0.717, 1.165) is 6.07 Å². The zero-order chi connectivity index (χ0) is 18.8. The van der Waals surface area contributed by atoms with Gasteiger partial charge in [0.15, 0.2) is 0 Å². The molecule has 1 amide bonds. The summed E-state index contributed by atoms with van der Waals surface area (Å²) in [6.07, 6.45) is 4.23. The molecule has 10 nitrogen and oxygen atoms in total. The van der Waals surface area contributed by atoms with E-state index >= 15 is 0 Å². The molecule has 1 aromatic carbocycles. The molecule has 2 aromatic rings. The van der Waals surface area contributed by atoms with Crippen molar-refractivity contribution < 1.29 is 24.4 Å². The van der Waals surface area contributed by atoms with Crippen LogP contribution in [-0.2, 0) is 9.53 Å². The number of hydrogen-bond acceptors (Lipinski definition) is 6. The van der Waals surface area contributed by atoms with Crippen LogP contribution in [0.25, 0.3) is 5.69 Å². The van der Waals surface area contributed by atoms with E-state index in [9.17, 15) is 24.8 Å². The van der Waals surface area contributed by atoms with Crippen LogP contribution in [0.3, 0.4) is 0 Å². The minimum atomic E-state index is -1.14. The highest BCUT2D eigenvalue weighted by Gasteiger charge is 2.40. The van der Waals surface area contributed by atoms with Crippen molar-refractivity contribution in [3.8, 4) is 5.69 Å². The van der Waals surface area contributed by atoms with Gasteiger partial charge in [0.2, 0.25) is 0 Å². The zero-order valence-electron chi connectivity index (χ0n) is 13.8. The Labute approximate surface area is 147 Å². The van der Waals surface area contributed by atoms with Crippen LogP contribution in [-0.4, -0.2) is 62.2 Å². The molecule has 1 fully saturated rings. The number of likely N-dealkylation sites (tertiary alicyclic amines) is 1. The Morgan fingerprint density at radius 1 is 1.42 bits per heavy atom. The number of ether oxygens (including phenoxy) is 1. The van der Waals surface area contributed by atoms with Gasteiger partial charge >= 0.3 is 5.97 Å². The number of carboxylic acid groups (broad SMARTS) is 1. The number of aromatic nitrogens is 2. The first-order valence-corrected chi connectivity index (χ1v) is 7.75. The summed E-state index contributed by atoms with van der Waals surface area (Å²) in [5.41, 5.74) is 0.0295. The molecular formula is C16H16N4O6. The highest BCUT2D eigenvalue weighted by atomic mass is 16.6. The van der Waals surface area contributed by atoms with Crippen LogP contribution in [0.4, 0.5) is 5.69 Å². The fourth-order valence-corrected chi connectivity index (χ4v) is 3.02. The summed E-state index contributed by atoms with van der Waals surface area (Å²) in [4.78, 5) is 40.0. The van der Waals surface area contributed by atoms with Crippen molar-refractivity contribution in [1.29, 1.82) is 0 Å². The van der Waals surface area contributed by atoms with Gasteiger partial charge in [-0.15, -0.1) is 0 Å². The molecule has 26 heavy (non-hydrogen) atoms. The number of imidazole rings is 1. The largest absolute Gasteiger partial charge is 0.480 e. The van der Waals surface area contributed by atoms with Crippen molar-refractivity contribution in [1.82, 2.24) is 14.5 Å². The summed E-state index contributed by atoms with van der Waals surface area (Å²) in [6, 6.07) is 2.99. The number of aliphatic carboxylic acids is 1. The normalized spacial score (nSPS) is 19.5. The van der Waals surface area contributed by atoms with Crippen LogP contribution in [0, 0.1) is 10.1 Å². The summed E-state index contributed by atoms with van der Waals surface area (Å²) >= 11 is 0. The number of rotatable bonds is 5. The minimum Gasteiger partial charge on any atom is -0.480 e. The molecule has 10 heteroatoms. The maximum Gasteiger partial charge on any atom is 0.326 e. The van der Waals surface area contributed by atoms with Gasteiger partial charge in [-0.25, -0.2) is 9.78 Å². The van der Waals surface area contributed by atoms with Crippen molar-refractivity contribution >= 4 is 17.6 Å². The van der Waals surface area contributed by atoms with E-state index in [4.69, 9.17) is 4.74 Å². The van der Waals surface area contributed by atoms with Crippen molar-refractivity contribution in [2.24, 2.45) is 0 Å². The van der Waals surface area contributed by atoms with Gasteiger partial charge in [-0.3, -0.25) is 14.9 Å². The highest BCUT2D eigenvalue weighted by molar-refractivity contribution is 5.98. The number of hydrogen-bond donors (Lipinski definition) is 1. The number of amides is 1. The van der Waals surface area contributed by atoms with E-state index in [2.05, 4.69) is 4.98 Å². The average Bonchev–Trinajstić information content (AvgIpc) is 3.30. The van der Waals surface area contributed by atoms with Crippen molar-refractivity contribution in [2.45, 2.75) is 18.6 Å². The van der Waals surface area contributed by atoms with Crippen molar-refractivity contribution in [3.05, 3.63) is 52.6 Å². The number of methoxy groups -OCH3 is 1. The van der Waals surface area contributed by atoms with Crippen LogP contribution >= 0.6 is 0 Å². The number of nitro groups is 1. The number of carboxylic acids is 1. The molecule has 3 rings (SSSR count). The van der Waals surface area contributed by atoms with Gasteiger partial charge in [0, 0.05) is 44.1 Å². The molecule has 0 spiro atoms. The van der Waals surface area contributed by atoms with E-state index < -0.39 is 22.8 Å². The number of nitro benzene ring substituents is 1. The van der Waals surface area contributed by atoms with E-state index in [1.165, 1.54) is 41.2 Å². The molecule has 1 aromatic heterocycles. The lowest BCUT2D eigenvalue weighted by molar-refractivity contribution is -0.384. The maximum atomic E-state index is 12.8. The summed E-state index contributed by atoms with van der Waals surface area (Å²) in [7, 11) is 1.45. The predicted molar refractivity (Wildman–Crippen MR) is 88.1 cm³/mol. The molecule has 1 saturated heterocycles. The van der Waals surface area contributed by atoms with Crippen LogP contribution in [0.5, 0.6) is 0 Å². The molecule has 0 aliphatic carbocycles. The Hall–Kier alpha value is -3.27. The second kappa shape index (κ2) is 6.92. The number of carbonyl (C=O) groups excluding carboxylic acids is 1. The molecule has 1 aliphatic rings. The van der Waals surface area contributed by atoms with Gasteiger partial charge < -0.3 is 19.3 Å². The third-order valence-electron chi connectivity index (χ3n) is 4.34. The lowest BCUT2D eigenvalue weighted by atomic mass is 10.1. The van der Waals surface area contributed by atoms with Crippen LogP contribution in [0.1, 0.15) is 16.8 Å². The Morgan fingerprint density at radius 3 is 2.77 bits per heavy atom. The summed E-state index contributed by atoms with van der Waals surface area (Å²) in [6.45, 7) is 0.114.